The van der Waals surface area contributed by atoms with E-state index < -0.39 is 0 Å². The second-order valence-corrected chi connectivity index (χ2v) is 5.85. The minimum absolute atomic E-state index is 0.317. The highest BCUT2D eigenvalue weighted by Gasteiger charge is 2.14. The van der Waals surface area contributed by atoms with Crippen LogP contribution in [0.3, 0.4) is 0 Å². The molecule has 4 nitrogen and oxygen atoms in total. The van der Waals surface area contributed by atoms with Crippen LogP contribution in [0, 0.1) is 5.82 Å². The predicted octanol–water partition coefficient (Wildman–Crippen LogP) is 3.96. The van der Waals surface area contributed by atoms with Crippen LogP contribution in [0.1, 0.15) is 32.6 Å². The fourth-order valence-electron chi connectivity index (χ4n) is 2.06. The van der Waals surface area contributed by atoms with Gasteiger partial charge in [-0.1, -0.05) is 34.9 Å². The molecule has 6 heteroatoms. The zero-order valence-corrected chi connectivity index (χ0v) is 13.8. The zero-order chi connectivity index (χ0) is 15.2. The lowest BCUT2D eigenvalue weighted by Gasteiger charge is -2.13. The summed E-state index contributed by atoms with van der Waals surface area (Å²) in [5.41, 5.74) is 0.603. The lowest BCUT2D eigenvalue weighted by molar-refractivity contribution is 0.354. The topological polar surface area (TPSA) is 51.0 Å². The van der Waals surface area contributed by atoms with Gasteiger partial charge in [-0.3, -0.25) is 0 Å². The van der Waals surface area contributed by atoms with Gasteiger partial charge in [0.15, 0.2) is 0 Å². The minimum atomic E-state index is -0.332. The highest BCUT2D eigenvalue weighted by atomic mass is 79.9. The van der Waals surface area contributed by atoms with Crippen LogP contribution < -0.4 is 5.32 Å². The van der Waals surface area contributed by atoms with Crippen LogP contribution in [-0.4, -0.2) is 22.7 Å². The van der Waals surface area contributed by atoms with Crippen LogP contribution in [0.5, 0.6) is 0 Å². The fourth-order valence-corrected chi connectivity index (χ4v) is 2.52. The predicted molar refractivity (Wildman–Crippen MR) is 83.5 cm³/mol. The molecule has 1 unspecified atom stereocenters. The van der Waals surface area contributed by atoms with Gasteiger partial charge in [-0.15, -0.1) is 0 Å². The molecule has 0 bridgehead atoms. The van der Waals surface area contributed by atoms with E-state index in [1.165, 1.54) is 12.1 Å². The van der Waals surface area contributed by atoms with Gasteiger partial charge in [-0.05, 0) is 37.6 Å². The Morgan fingerprint density at radius 2 is 2.14 bits per heavy atom. The normalized spacial score (nSPS) is 12.6. The second-order valence-electron chi connectivity index (χ2n) is 4.93. The van der Waals surface area contributed by atoms with Gasteiger partial charge in [0.25, 0.3) is 0 Å². The van der Waals surface area contributed by atoms with Gasteiger partial charge in [0, 0.05) is 22.5 Å². The number of aromatic nitrogens is 2. The van der Waals surface area contributed by atoms with E-state index in [2.05, 4.69) is 45.2 Å². The molecule has 0 aliphatic rings. The molecule has 0 aliphatic heterocycles. The summed E-state index contributed by atoms with van der Waals surface area (Å²) in [5.74, 6) is 0.651. The highest BCUT2D eigenvalue weighted by Crippen LogP contribution is 2.22. The van der Waals surface area contributed by atoms with Crippen molar-refractivity contribution in [2.75, 3.05) is 6.54 Å². The van der Waals surface area contributed by atoms with Crippen molar-refractivity contribution in [1.82, 2.24) is 15.5 Å². The van der Waals surface area contributed by atoms with Crippen molar-refractivity contribution < 1.29 is 8.91 Å². The summed E-state index contributed by atoms with van der Waals surface area (Å²) in [5, 5.41) is 7.37. The Bertz CT molecular complexity index is 568. The molecule has 2 aromatic rings. The fraction of sp³-hybridized carbons (Fsp3) is 0.467. The van der Waals surface area contributed by atoms with E-state index in [9.17, 15) is 4.39 Å². The average Bonchev–Trinajstić information content (AvgIpc) is 2.91. The molecule has 21 heavy (non-hydrogen) atoms. The molecule has 1 aromatic heterocycles. The summed E-state index contributed by atoms with van der Waals surface area (Å²) in [4.78, 5) is 4.35. The number of hydrogen-bond acceptors (Lipinski definition) is 4. The molecule has 1 heterocycles. The van der Waals surface area contributed by atoms with Crippen molar-refractivity contribution in [3.05, 3.63) is 34.4 Å². The van der Waals surface area contributed by atoms with Crippen molar-refractivity contribution >= 4 is 15.9 Å². The van der Waals surface area contributed by atoms with Crippen molar-refractivity contribution in [3.8, 4) is 11.4 Å². The molecule has 0 radical (unpaired) electrons. The summed E-state index contributed by atoms with van der Waals surface area (Å²) >= 11 is 3.26. The molecule has 114 valence electrons. The molecule has 1 aromatic carbocycles. The first-order chi connectivity index (χ1) is 10.1. The highest BCUT2D eigenvalue weighted by molar-refractivity contribution is 9.10. The number of hydrogen-bond donors (Lipinski definition) is 1. The van der Waals surface area contributed by atoms with Crippen LogP contribution in [0.15, 0.2) is 27.2 Å². The van der Waals surface area contributed by atoms with Crippen LogP contribution >= 0.6 is 15.9 Å². The molecule has 0 fully saturated rings. The Kier molecular flexibility index (Phi) is 5.87. The van der Waals surface area contributed by atoms with Crippen LogP contribution in [-0.2, 0) is 6.42 Å². The van der Waals surface area contributed by atoms with Gasteiger partial charge in [0.2, 0.25) is 11.7 Å². The van der Waals surface area contributed by atoms with E-state index in [4.69, 9.17) is 4.52 Å². The van der Waals surface area contributed by atoms with Gasteiger partial charge in [-0.25, -0.2) is 4.39 Å². The molecule has 2 rings (SSSR count). The van der Waals surface area contributed by atoms with E-state index >= 15 is 0 Å². The lowest BCUT2D eigenvalue weighted by atomic mass is 10.1. The maximum Gasteiger partial charge on any atom is 0.228 e. The molecule has 0 saturated carbocycles. The summed E-state index contributed by atoms with van der Waals surface area (Å²) < 4.78 is 19.3. The maximum atomic E-state index is 13.4. The Balaban J connectivity index is 2.10. The van der Waals surface area contributed by atoms with Crippen molar-refractivity contribution in [1.29, 1.82) is 0 Å². The van der Waals surface area contributed by atoms with E-state index in [1.54, 1.807) is 6.07 Å². The minimum Gasteiger partial charge on any atom is -0.339 e. The molecule has 1 N–H and O–H groups in total. The third kappa shape index (κ3) is 4.61. The third-order valence-corrected chi connectivity index (χ3v) is 3.64. The SMILES string of the molecule is CCCNC(CC)Cc1nc(-c2cc(F)cc(Br)c2)no1. The first-order valence-corrected chi connectivity index (χ1v) is 7.94. The molecule has 0 amide bonds. The molecular weight excluding hydrogens is 337 g/mol. The Hall–Kier alpha value is -1.27. The Labute approximate surface area is 132 Å². The molecular formula is C15H19BrFN3O. The quantitative estimate of drug-likeness (QED) is 0.816. The second kappa shape index (κ2) is 7.66. The third-order valence-electron chi connectivity index (χ3n) is 3.19. The van der Waals surface area contributed by atoms with Crippen molar-refractivity contribution in [2.24, 2.45) is 0 Å². The molecule has 0 spiro atoms. The van der Waals surface area contributed by atoms with Crippen molar-refractivity contribution in [2.45, 2.75) is 39.2 Å². The van der Waals surface area contributed by atoms with Gasteiger partial charge < -0.3 is 9.84 Å². The number of rotatable bonds is 7. The Morgan fingerprint density at radius 1 is 1.33 bits per heavy atom. The van der Waals surface area contributed by atoms with Gasteiger partial charge in [-0.2, -0.15) is 4.98 Å². The average molecular weight is 356 g/mol. The van der Waals surface area contributed by atoms with Gasteiger partial charge >= 0.3 is 0 Å². The summed E-state index contributed by atoms with van der Waals surface area (Å²) in [6.07, 6.45) is 2.76. The van der Waals surface area contributed by atoms with E-state index in [1.807, 2.05) is 0 Å². The Morgan fingerprint density at radius 3 is 2.81 bits per heavy atom. The molecule has 0 aliphatic carbocycles. The number of nitrogens with zero attached hydrogens (tertiary/aromatic N) is 2. The summed E-state index contributed by atoms with van der Waals surface area (Å²) in [6, 6.07) is 4.88. The van der Waals surface area contributed by atoms with E-state index in [-0.39, 0.29) is 5.82 Å². The van der Waals surface area contributed by atoms with E-state index in [0.29, 0.717) is 34.2 Å². The molecule has 1 atom stereocenters. The molecule has 0 saturated heterocycles. The van der Waals surface area contributed by atoms with Gasteiger partial charge in [0.05, 0.1) is 0 Å². The number of nitrogens with one attached hydrogen (secondary N) is 1. The van der Waals surface area contributed by atoms with E-state index in [0.717, 1.165) is 19.4 Å². The number of benzene rings is 1. The van der Waals surface area contributed by atoms with Gasteiger partial charge in [0.1, 0.15) is 5.82 Å². The van der Waals surface area contributed by atoms with Crippen LogP contribution in [0.25, 0.3) is 11.4 Å². The smallest absolute Gasteiger partial charge is 0.228 e. The number of halogens is 2. The first-order valence-electron chi connectivity index (χ1n) is 7.14. The van der Waals surface area contributed by atoms with Crippen LogP contribution in [0.4, 0.5) is 4.39 Å². The summed E-state index contributed by atoms with van der Waals surface area (Å²) in [7, 11) is 0. The largest absolute Gasteiger partial charge is 0.339 e. The summed E-state index contributed by atoms with van der Waals surface area (Å²) in [6.45, 7) is 5.22. The van der Waals surface area contributed by atoms with Crippen molar-refractivity contribution in [3.63, 3.8) is 0 Å². The standard InChI is InChI=1S/C15H19BrFN3O/c1-3-5-18-13(4-2)9-14-19-15(20-21-14)10-6-11(16)8-12(17)7-10/h6-8,13,18H,3-5,9H2,1-2H3. The van der Waals surface area contributed by atoms with Crippen LogP contribution in [0.2, 0.25) is 0 Å². The lowest BCUT2D eigenvalue weighted by Crippen LogP contribution is -2.31. The first kappa shape index (κ1) is 16.1. The zero-order valence-electron chi connectivity index (χ0n) is 12.2. The monoisotopic (exact) mass is 355 g/mol. The maximum absolute atomic E-state index is 13.4.